The standard InChI is InChI=1S/C14H28N2O2/c1-11(2)18-10-9-16(5)13(17)12-14(3,4)7-6-8-15-12/h11-12,15H,6-10H2,1-5H3. The van der Waals surface area contributed by atoms with Gasteiger partial charge in [-0.1, -0.05) is 13.8 Å². The minimum atomic E-state index is -0.0599. The molecule has 1 heterocycles. The first-order valence-corrected chi connectivity index (χ1v) is 6.94. The van der Waals surface area contributed by atoms with Crippen molar-refractivity contribution in [2.45, 2.75) is 52.7 Å². The average Bonchev–Trinajstić information content (AvgIpc) is 2.27. The highest BCUT2D eigenvalue weighted by Gasteiger charge is 2.38. The molecule has 1 aliphatic rings. The number of likely N-dealkylation sites (N-methyl/N-ethyl adjacent to an activating group) is 1. The molecule has 106 valence electrons. The third-order valence-electron chi connectivity index (χ3n) is 3.63. The number of carbonyl (C=O) groups excluding carboxylic acids is 1. The van der Waals surface area contributed by atoms with Gasteiger partial charge in [0.25, 0.3) is 0 Å². The first kappa shape index (κ1) is 15.4. The Hall–Kier alpha value is -0.610. The summed E-state index contributed by atoms with van der Waals surface area (Å²) in [6, 6.07) is -0.0599. The quantitative estimate of drug-likeness (QED) is 0.813. The van der Waals surface area contributed by atoms with Crippen molar-refractivity contribution in [3.8, 4) is 0 Å². The maximum absolute atomic E-state index is 12.4. The van der Waals surface area contributed by atoms with Crippen LogP contribution in [0.4, 0.5) is 0 Å². The molecule has 1 unspecified atom stereocenters. The highest BCUT2D eigenvalue weighted by Crippen LogP contribution is 2.30. The second kappa shape index (κ2) is 6.53. The molecule has 0 radical (unpaired) electrons. The maximum Gasteiger partial charge on any atom is 0.240 e. The second-order valence-corrected chi connectivity index (χ2v) is 6.16. The van der Waals surface area contributed by atoms with Crippen molar-refractivity contribution in [3.63, 3.8) is 0 Å². The van der Waals surface area contributed by atoms with Gasteiger partial charge in [-0.25, -0.2) is 0 Å². The number of nitrogens with zero attached hydrogens (tertiary/aromatic N) is 1. The predicted octanol–water partition coefficient (Wildman–Crippen LogP) is 1.65. The zero-order valence-corrected chi connectivity index (χ0v) is 12.5. The van der Waals surface area contributed by atoms with Crippen molar-refractivity contribution in [2.24, 2.45) is 5.41 Å². The molecule has 1 atom stereocenters. The summed E-state index contributed by atoms with van der Waals surface area (Å²) in [5, 5.41) is 3.36. The Bertz CT molecular complexity index is 277. The van der Waals surface area contributed by atoms with Gasteiger partial charge in [0.15, 0.2) is 0 Å². The number of nitrogens with one attached hydrogen (secondary N) is 1. The second-order valence-electron chi connectivity index (χ2n) is 6.16. The van der Waals surface area contributed by atoms with Gasteiger partial charge in [-0.15, -0.1) is 0 Å². The summed E-state index contributed by atoms with van der Waals surface area (Å²) in [4.78, 5) is 14.2. The first-order valence-electron chi connectivity index (χ1n) is 6.94. The summed E-state index contributed by atoms with van der Waals surface area (Å²) in [6.07, 6.45) is 2.47. The zero-order valence-electron chi connectivity index (χ0n) is 12.5. The van der Waals surface area contributed by atoms with Gasteiger partial charge in [0.05, 0.1) is 18.8 Å². The average molecular weight is 256 g/mol. The summed E-state index contributed by atoms with van der Waals surface area (Å²) in [6.45, 7) is 10.6. The van der Waals surface area contributed by atoms with E-state index in [9.17, 15) is 4.79 Å². The van der Waals surface area contributed by atoms with E-state index in [-0.39, 0.29) is 23.5 Å². The molecule has 1 fully saturated rings. The Labute approximate surface area is 111 Å². The van der Waals surface area contributed by atoms with Crippen LogP contribution < -0.4 is 5.32 Å². The molecule has 1 amide bonds. The van der Waals surface area contributed by atoms with Gasteiger partial charge in [0, 0.05) is 13.6 Å². The highest BCUT2D eigenvalue weighted by molar-refractivity contribution is 5.82. The van der Waals surface area contributed by atoms with E-state index >= 15 is 0 Å². The largest absolute Gasteiger partial charge is 0.377 e. The molecule has 1 aliphatic heterocycles. The van der Waals surface area contributed by atoms with Crippen molar-refractivity contribution in [1.82, 2.24) is 10.2 Å². The number of hydrogen-bond acceptors (Lipinski definition) is 3. The van der Waals surface area contributed by atoms with Gasteiger partial charge in [-0.05, 0) is 38.6 Å². The van der Waals surface area contributed by atoms with Crippen molar-refractivity contribution in [1.29, 1.82) is 0 Å². The maximum atomic E-state index is 12.4. The fourth-order valence-electron chi connectivity index (χ4n) is 2.39. The minimum absolute atomic E-state index is 0.0441. The number of hydrogen-bond donors (Lipinski definition) is 1. The molecular weight excluding hydrogens is 228 g/mol. The third kappa shape index (κ3) is 4.25. The van der Waals surface area contributed by atoms with Gasteiger partial charge >= 0.3 is 0 Å². The summed E-state index contributed by atoms with van der Waals surface area (Å²) in [5.74, 6) is 0.187. The number of ether oxygens (including phenoxy) is 1. The molecule has 0 saturated carbocycles. The van der Waals surface area contributed by atoms with E-state index < -0.39 is 0 Å². The Morgan fingerprint density at radius 2 is 2.17 bits per heavy atom. The Morgan fingerprint density at radius 1 is 1.50 bits per heavy atom. The molecule has 0 bridgehead atoms. The lowest BCUT2D eigenvalue weighted by molar-refractivity contribution is -0.137. The van der Waals surface area contributed by atoms with Gasteiger partial charge in [0.2, 0.25) is 5.91 Å². The van der Waals surface area contributed by atoms with E-state index in [4.69, 9.17) is 4.74 Å². The number of amides is 1. The van der Waals surface area contributed by atoms with E-state index in [1.54, 1.807) is 4.90 Å². The van der Waals surface area contributed by atoms with Crippen LogP contribution in [0.3, 0.4) is 0 Å². The van der Waals surface area contributed by atoms with Crippen LogP contribution in [-0.4, -0.2) is 49.7 Å². The molecule has 0 aliphatic carbocycles. The smallest absolute Gasteiger partial charge is 0.240 e. The number of piperidine rings is 1. The van der Waals surface area contributed by atoms with Gasteiger partial charge < -0.3 is 15.0 Å². The molecule has 4 heteroatoms. The van der Waals surface area contributed by atoms with E-state index in [2.05, 4.69) is 19.2 Å². The summed E-state index contributed by atoms with van der Waals surface area (Å²) in [5.41, 5.74) is 0.0441. The van der Waals surface area contributed by atoms with E-state index in [0.717, 1.165) is 19.4 Å². The number of carbonyl (C=O) groups is 1. The first-order chi connectivity index (χ1) is 8.34. The third-order valence-corrected chi connectivity index (χ3v) is 3.63. The van der Waals surface area contributed by atoms with Crippen molar-refractivity contribution in [2.75, 3.05) is 26.7 Å². The molecule has 1 N–H and O–H groups in total. The van der Waals surface area contributed by atoms with Crippen molar-refractivity contribution < 1.29 is 9.53 Å². The van der Waals surface area contributed by atoms with Crippen LogP contribution in [0.25, 0.3) is 0 Å². The summed E-state index contributed by atoms with van der Waals surface area (Å²) in [7, 11) is 1.86. The lowest BCUT2D eigenvalue weighted by Crippen LogP contribution is -2.56. The lowest BCUT2D eigenvalue weighted by atomic mass is 9.77. The van der Waals surface area contributed by atoms with Crippen LogP contribution in [0.5, 0.6) is 0 Å². The Balaban J connectivity index is 2.46. The van der Waals surface area contributed by atoms with Crippen LogP contribution in [0.15, 0.2) is 0 Å². The molecule has 18 heavy (non-hydrogen) atoms. The van der Waals surface area contributed by atoms with Crippen LogP contribution in [0.1, 0.15) is 40.5 Å². The molecule has 1 saturated heterocycles. The fraction of sp³-hybridized carbons (Fsp3) is 0.929. The molecule has 4 nitrogen and oxygen atoms in total. The van der Waals surface area contributed by atoms with E-state index in [0.29, 0.717) is 13.2 Å². The SMILES string of the molecule is CC(C)OCCN(C)C(=O)C1NCCCC1(C)C. The van der Waals surface area contributed by atoms with Crippen molar-refractivity contribution >= 4 is 5.91 Å². The van der Waals surface area contributed by atoms with Crippen LogP contribution in [-0.2, 0) is 9.53 Å². The molecular formula is C14H28N2O2. The molecule has 0 aromatic heterocycles. The van der Waals surface area contributed by atoms with Gasteiger partial charge in [-0.3, -0.25) is 4.79 Å². The van der Waals surface area contributed by atoms with Crippen LogP contribution in [0, 0.1) is 5.41 Å². The molecule has 1 rings (SSSR count). The van der Waals surface area contributed by atoms with E-state index in [1.165, 1.54) is 0 Å². The minimum Gasteiger partial charge on any atom is -0.377 e. The normalized spacial score (nSPS) is 23.1. The van der Waals surface area contributed by atoms with Gasteiger partial charge in [-0.2, -0.15) is 0 Å². The Morgan fingerprint density at radius 3 is 2.72 bits per heavy atom. The van der Waals surface area contributed by atoms with E-state index in [1.807, 2.05) is 20.9 Å². The van der Waals surface area contributed by atoms with Crippen LogP contribution >= 0.6 is 0 Å². The van der Waals surface area contributed by atoms with Crippen LogP contribution in [0.2, 0.25) is 0 Å². The number of rotatable bonds is 5. The van der Waals surface area contributed by atoms with Gasteiger partial charge in [0.1, 0.15) is 0 Å². The summed E-state index contributed by atoms with van der Waals surface area (Å²) >= 11 is 0. The molecule has 0 aromatic rings. The topological polar surface area (TPSA) is 41.6 Å². The highest BCUT2D eigenvalue weighted by atomic mass is 16.5. The zero-order chi connectivity index (χ0) is 13.8. The fourth-order valence-corrected chi connectivity index (χ4v) is 2.39. The predicted molar refractivity (Wildman–Crippen MR) is 73.5 cm³/mol. The lowest BCUT2D eigenvalue weighted by Gasteiger charge is -2.40. The Kier molecular flexibility index (Phi) is 5.60. The summed E-state index contributed by atoms with van der Waals surface area (Å²) < 4.78 is 5.49. The molecule has 0 aromatic carbocycles. The monoisotopic (exact) mass is 256 g/mol. The van der Waals surface area contributed by atoms with Crippen molar-refractivity contribution in [3.05, 3.63) is 0 Å². The molecule has 0 spiro atoms.